The lowest BCUT2D eigenvalue weighted by atomic mass is 10.0. The number of nitrogens with one attached hydrogen (secondary N) is 1. The maximum Gasteiger partial charge on any atom is 0.490 e. The Morgan fingerprint density at radius 2 is 1.90 bits per heavy atom. The number of aryl methyl sites for hydroxylation is 1. The summed E-state index contributed by atoms with van der Waals surface area (Å²) < 4.78 is 121. The van der Waals surface area contributed by atoms with Gasteiger partial charge >= 0.3 is 18.3 Å². The molecule has 4 N–H and O–H groups in total. The van der Waals surface area contributed by atoms with Crippen molar-refractivity contribution in [3.05, 3.63) is 41.6 Å². The smallest absolute Gasteiger partial charge is 0.475 e. The number of hydrogen-bond donors (Lipinski definition) is 3. The summed E-state index contributed by atoms with van der Waals surface area (Å²) in [4.78, 5) is 15.5. The van der Waals surface area contributed by atoms with Crippen LogP contribution in [0.3, 0.4) is 0 Å². The minimum Gasteiger partial charge on any atom is -0.475 e. The van der Waals surface area contributed by atoms with Gasteiger partial charge in [0.2, 0.25) is 10.0 Å². The van der Waals surface area contributed by atoms with E-state index in [0.717, 1.165) is 16.5 Å². The highest BCUT2D eigenvalue weighted by Gasteiger charge is 2.38. The van der Waals surface area contributed by atoms with Crippen molar-refractivity contribution in [2.75, 3.05) is 12.3 Å². The number of nitrogen functional groups attached to an aromatic ring is 1. The number of aromatic nitrogens is 3. The van der Waals surface area contributed by atoms with Crippen LogP contribution in [0.2, 0.25) is 0 Å². The van der Waals surface area contributed by atoms with Crippen LogP contribution in [0, 0.1) is 24.1 Å². The van der Waals surface area contributed by atoms with Gasteiger partial charge in [0, 0.05) is 17.8 Å². The van der Waals surface area contributed by atoms with Gasteiger partial charge in [-0.15, -0.1) is 0 Å². The molecular weight excluding hydrogens is 605 g/mol. The van der Waals surface area contributed by atoms with Crippen molar-refractivity contribution in [2.45, 2.75) is 55.6 Å². The minimum atomic E-state index is -5.08. The molecule has 1 aromatic carbocycles. The molecule has 4 rings (SSSR count). The Labute approximate surface area is 232 Å². The summed E-state index contributed by atoms with van der Waals surface area (Å²) in [5.74, 6) is -4.25. The third-order valence-electron chi connectivity index (χ3n) is 5.91. The zero-order valence-electron chi connectivity index (χ0n) is 21.3. The standard InChI is InChI=1S/C21H20F4N6O3S.C2HF3O2/c1-11-6-15(22)17(35(32,33)30-12-2-3-13(4-5-26)34-10-12)7-14(11)16-8-28-20-19(27)29-18(9-31(16)20)21(23,24)25;3-2(4,5)1(6)7/h6-9,12-13,30H,2-4,10H2,1H3,(H2,27,29);(H,6,7)/t12-,13+;/m0./s1. The molecule has 0 bridgehead atoms. The van der Waals surface area contributed by atoms with Gasteiger partial charge in [0.1, 0.15) is 10.7 Å². The van der Waals surface area contributed by atoms with Crippen molar-refractivity contribution in [2.24, 2.45) is 0 Å². The zero-order chi connectivity index (χ0) is 31.6. The number of hydrogen-bond acceptors (Lipinski definition) is 8. The number of sulfonamides is 1. The first-order valence-corrected chi connectivity index (χ1v) is 13.2. The molecule has 11 nitrogen and oxygen atoms in total. The number of benzene rings is 1. The minimum absolute atomic E-state index is 0.0195. The van der Waals surface area contributed by atoms with Gasteiger partial charge in [0.25, 0.3) is 0 Å². The first kappa shape index (κ1) is 32.5. The topological polar surface area (TPSA) is 173 Å². The van der Waals surface area contributed by atoms with E-state index in [2.05, 4.69) is 14.7 Å². The van der Waals surface area contributed by atoms with E-state index in [4.69, 9.17) is 25.6 Å². The molecule has 0 radical (unpaired) electrons. The van der Waals surface area contributed by atoms with Gasteiger partial charge in [0.15, 0.2) is 17.2 Å². The quantitative estimate of drug-likeness (QED) is 0.356. The van der Waals surface area contributed by atoms with E-state index in [0.29, 0.717) is 19.0 Å². The summed E-state index contributed by atoms with van der Waals surface area (Å²) in [6.07, 6.45) is -7.21. The number of anilines is 1. The number of carbonyl (C=O) groups is 1. The third kappa shape index (κ3) is 7.43. The summed E-state index contributed by atoms with van der Waals surface area (Å²) in [6, 6.07) is 3.39. The van der Waals surface area contributed by atoms with Crippen LogP contribution in [0.5, 0.6) is 0 Å². The van der Waals surface area contributed by atoms with E-state index in [-0.39, 0.29) is 41.6 Å². The van der Waals surface area contributed by atoms with Crippen LogP contribution in [0.15, 0.2) is 29.4 Å². The number of nitrogens with two attached hydrogens (primary N) is 1. The van der Waals surface area contributed by atoms with Gasteiger partial charge in [-0.05, 0) is 37.5 Å². The van der Waals surface area contributed by atoms with E-state index in [1.165, 1.54) is 13.1 Å². The van der Waals surface area contributed by atoms with Crippen LogP contribution in [-0.2, 0) is 25.7 Å². The number of ether oxygens (including phenoxy) is 1. The molecule has 3 heterocycles. The summed E-state index contributed by atoms with van der Waals surface area (Å²) in [6.45, 7) is 1.51. The van der Waals surface area contributed by atoms with Crippen LogP contribution < -0.4 is 10.5 Å². The van der Waals surface area contributed by atoms with Crippen molar-refractivity contribution < 1.29 is 53.8 Å². The first-order chi connectivity index (χ1) is 19.3. The van der Waals surface area contributed by atoms with E-state index in [1.54, 1.807) is 0 Å². The molecule has 2 atom stereocenters. The number of halogens is 7. The number of nitriles is 1. The molecule has 0 saturated carbocycles. The Bertz CT molecular complexity index is 1630. The highest BCUT2D eigenvalue weighted by Crippen LogP contribution is 2.33. The fourth-order valence-electron chi connectivity index (χ4n) is 3.93. The van der Waals surface area contributed by atoms with Gasteiger partial charge < -0.3 is 15.6 Å². The van der Waals surface area contributed by atoms with Crippen LogP contribution >= 0.6 is 0 Å². The van der Waals surface area contributed by atoms with E-state index >= 15 is 0 Å². The van der Waals surface area contributed by atoms with Gasteiger partial charge in [-0.1, -0.05) is 0 Å². The number of rotatable bonds is 5. The highest BCUT2D eigenvalue weighted by molar-refractivity contribution is 7.89. The second-order valence-electron chi connectivity index (χ2n) is 8.96. The Kier molecular flexibility index (Phi) is 9.34. The molecule has 42 heavy (non-hydrogen) atoms. The van der Waals surface area contributed by atoms with Gasteiger partial charge in [0.05, 0.1) is 37.1 Å². The average Bonchev–Trinajstić information content (AvgIpc) is 3.29. The summed E-state index contributed by atoms with van der Waals surface area (Å²) in [5, 5.41) is 15.9. The Balaban J connectivity index is 0.000000616. The van der Waals surface area contributed by atoms with Crippen molar-refractivity contribution in [1.82, 2.24) is 19.1 Å². The second-order valence-corrected chi connectivity index (χ2v) is 10.6. The molecule has 0 amide bonds. The van der Waals surface area contributed by atoms with Gasteiger partial charge in [-0.2, -0.15) is 31.6 Å². The number of carboxylic acid groups (broad SMARTS) is 1. The number of aliphatic carboxylic acids is 1. The molecule has 2 aromatic heterocycles. The first-order valence-electron chi connectivity index (χ1n) is 11.7. The van der Waals surface area contributed by atoms with Crippen LogP contribution in [0.1, 0.15) is 30.5 Å². The lowest BCUT2D eigenvalue weighted by Gasteiger charge is -2.28. The van der Waals surface area contributed by atoms with Gasteiger partial charge in [-0.3, -0.25) is 4.40 Å². The van der Waals surface area contributed by atoms with E-state index in [9.17, 15) is 39.2 Å². The monoisotopic (exact) mass is 626 g/mol. The molecule has 19 heteroatoms. The zero-order valence-corrected chi connectivity index (χ0v) is 22.1. The maximum atomic E-state index is 14.8. The molecule has 0 spiro atoms. The molecular formula is C23H21F7N6O5S. The summed E-state index contributed by atoms with van der Waals surface area (Å²) in [7, 11) is -4.36. The molecule has 1 saturated heterocycles. The number of nitrogens with zero attached hydrogens (tertiary/aromatic N) is 4. The van der Waals surface area contributed by atoms with Crippen LogP contribution in [0.4, 0.5) is 36.6 Å². The molecule has 1 aliphatic rings. The fraction of sp³-hybridized carbons (Fsp3) is 0.391. The summed E-state index contributed by atoms with van der Waals surface area (Å²) >= 11 is 0. The Morgan fingerprint density at radius 3 is 2.43 bits per heavy atom. The molecule has 0 unspecified atom stereocenters. The maximum absolute atomic E-state index is 14.8. The number of alkyl halides is 6. The number of imidazole rings is 1. The highest BCUT2D eigenvalue weighted by atomic mass is 32.2. The number of fused-ring (bicyclic) bond motifs is 1. The lowest BCUT2D eigenvalue weighted by molar-refractivity contribution is -0.192. The van der Waals surface area contributed by atoms with Crippen molar-refractivity contribution in [3.8, 4) is 17.3 Å². The predicted octanol–water partition coefficient (Wildman–Crippen LogP) is 3.82. The summed E-state index contributed by atoms with van der Waals surface area (Å²) in [5.41, 5.74) is 4.82. The third-order valence-corrected chi connectivity index (χ3v) is 7.44. The molecule has 3 aromatic rings. The van der Waals surface area contributed by atoms with Crippen molar-refractivity contribution in [1.29, 1.82) is 5.26 Å². The average molecular weight is 627 g/mol. The van der Waals surface area contributed by atoms with Gasteiger partial charge in [-0.25, -0.2) is 32.3 Å². The second kappa shape index (κ2) is 12.1. The Morgan fingerprint density at radius 1 is 1.26 bits per heavy atom. The van der Waals surface area contributed by atoms with Crippen LogP contribution in [0.25, 0.3) is 16.9 Å². The molecule has 228 valence electrons. The van der Waals surface area contributed by atoms with E-state index in [1.807, 2.05) is 6.07 Å². The fourth-order valence-corrected chi connectivity index (χ4v) is 5.27. The normalized spacial score (nSPS) is 17.8. The van der Waals surface area contributed by atoms with Crippen molar-refractivity contribution in [3.63, 3.8) is 0 Å². The lowest BCUT2D eigenvalue weighted by Crippen LogP contribution is -2.43. The predicted molar refractivity (Wildman–Crippen MR) is 130 cm³/mol. The largest absolute Gasteiger partial charge is 0.490 e. The van der Waals surface area contributed by atoms with E-state index < -0.39 is 56.6 Å². The SMILES string of the molecule is Cc1cc(F)c(S(=O)(=O)N[C@H]2CC[C@H](CC#N)OC2)cc1-c1cnc2c(N)nc(C(F)(F)F)cn12.O=C(O)C(F)(F)F. The molecule has 1 aliphatic heterocycles. The van der Waals surface area contributed by atoms with Crippen LogP contribution in [-0.4, -0.2) is 58.8 Å². The van der Waals surface area contributed by atoms with Crippen molar-refractivity contribution >= 4 is 27.5 Å². The molecule has 1 fully saturated rings. The Hall–Kier alpha value is -4.02. The molecule has 0 aliphatic carbocycles. The number of carboxylic acids is 1.